The van der Waals surface area contributed by atoms with E-state index in [1.807, 2.05) is 32.9 Å². The number of hydrogen-bond donors (Lipinski definition) is 2. The van der Waals surface area contributed by atoms with Crippen LogP contribution in [0.2, 0.25) is 0 Å². The molecule has 0 bridgehead atoms. The monoisotopic (exact) mass is 300 g/mol. The summed E-state index contributed by atoms with van der Waals surface area (Å²) >= 11 is 0. The van der Waals surface area contributed by atoms with Crippen molar-refractivity contribution in [1.29, 1.82) is 0 Å². The van der Waals surface area contributed by atoms with Crippen LogP contribution < -0.4 is 4.72 Å². The molecular formula is C13H20N2O4S. The lowest BCUT2D eigenvalue weighted by Gasteiger charge is -2.20. The number of hydrogen-bond acceptors (Lipinski definition) is 3. The normalized spacial score (nSPS) is 11.7. The Morgan fingerprint density at radius 3 is 2.20 bits per heavy atom. The van der Waals surface area contributed by atoms with Crippen molar-refractivity contribution >= 4 is 21.9 Å². The number of nitrogens with one attached hydrogen (secondary N) is 1. The fourth-order valence-corrected chi connectivity index (χ4v) is 2.99. The van der Waals surface area contributed by atoms with Gasteiger partial charge >= 0.3 is 16.2 Å². The first-order valence-corrected chi connectivity index (χ1v) is 7.61. The minimum atomic E-state index is -3.75. The minimum absolute atomic E-state index is 0.0748. The molecule has 0 radical (unpaired) electrons. The van der Waals surface area contributed by atoms with Gasteiger partial charge in [-0.1, -0.05) is 17.7 Å². The zero-order valence-corrected chi connectivity index (χ0v) is 12.9. The first-order chi connectivity index (χ1) is 9.13. The van der Waals surface area contributed by atoms with Crippen LogP contribution >= 0.6 is 0 Å². The van der Waals surface area contributed by atoms with Gasteiger partial charge in [0, 0.05) is 13.6 Å². The fourth-order valence-electron chi connectivity index (χ4n) is 1.92. The Hall–Kier alpha value is -1.60. The number of carboxylic acid groups (broad SMARTS) is 1. The zero-order valence-electron chi connectivity index (χ0n) is 12.1. The van der Waals surface area contributed by atoms with E-state index in [1.165, 1.54) is 7.05 Å². The first-order valence-electron chi connectivity index (χ1n) is 6.17. The van der Waals surface area contributed by atoms with Crippen LogP contribution in [0.4, 0.5) is 5.69 Å². The molecule has 0 fully saturated rings. The Kier molecular flexibility index (Phi) is 5.13. The summed E-state index contributed by atoms with van der Waals surface area (Å²) in [5.74, 6) is -1.03. The van der Waals surface area contributed by atoms with Gasteiger partial charge in [-0.15, -0.1) is 0 Å². The second-order valence-electron chi connectivity index (χ2n) is 4.85. The molecule has 1 aromatic rings. The highest BCUT2D eigenvalue weighted by Crippen LogP contribution is 2.23. The number of aliphatic carboxylic acids is 1. The lowest BCUT2D eigenvalue weighted by molar-refractivity contribution is -0.137. The van der Waals surface area contributed by atoms with Crippen LogP contribution in [-0.4, -0.2) is 37.4 Å². The number of carboxylic acids is 1. The lowest BCUT2D eigenvalue weighted by Crippen LogP contribution is -2.34. The summed E-state index contributed by atoms with van der Waals surface area (Å²) in [4.78, 5) is 10.5. The molecule has 1 aromatic carbocycles. The molecule has 7 heteroatoms. The van der Waals surface area contributed by atoms with Gasteiger partial charge < -0.3 is 5.11 Å². The van der Waals surface area contributed by atoms with Crippen molar-refractivity contribution in [2.45, 2.75) is 27.2 Å². The number of carbonyl (C=O) groups is 1. The van der Waals surface area contributed by atoms with Crippen LogP contribution in [0.3, 0.4) is 0 Å². The maximum Gasteiger partial charge on any atom is 0.304 e. The minimum Gasteiger partial charge on any atom is -0.481 e. The van der Waals surface area contributed by atoms with Gasteiger partial charge in [-0.3, -0.25) is 9.52 Å². The fraction of sp³-hybridized carbons (Fsp3) is 0.462. The molecule has 0 amide bonds. The molecular weight excluding hydrogens is 280 g/mol. The third kappa shape index (κ3) is 4.21. The zero-order chi connectivity index (χ0) is 15.5. The Labute approximate surface area is 119 Å². The van der Waals surface area contributed by atoms with Gasteiger partial charge in [-0.25, -0.2) is 0 Å². The van der Waals surface area contributed by atoms with Gasteiger partial charge in [0.25, 0.3) is 0 Å². The summed E-state index contributed by atoms with van der Waals surface area (Å²) in [6, 6.07) is 3.78. The standard InChI is InChI=1S/C13H20N2O4S/c1-9-7-10(2)13(11(3)8-9)14-20(18,19)15(4)6-5-12(16)17/h7-8,14H,5-6H2,1-4H3,(H,16,17). The van der Waals surface area contributed by atoms with E-state index in [1.54, 1.807) is 0 Å². The molecule has 0 atom stereocenters. The van der Waals surface area contributed by atoms with E-state index in [4.69, 9.17) is 5.11 Å². The SMILES string of the molecule is Cc1cc(C)c(NS(=O)(=O)N(C)CCC(=O)O)c(C)c1. The van der Waals surface area contributed by atoms with Crippen molar-refractivity contribution < 1.29 is 18.3 Å². The Balaban J connectivity index is 2.94. The Bertz CT molecular complexity index is 588. The van der Waals surface area contributed by atoms with Crippen molar-refractivity contribution in [2.75, 3.05) is 18.3 Å². The second-order valence-corrected chi connectivity index (χ2v) is 6.62. The maximum atomic E-state index is 12.1. The van der Waals surface area contributed by atoms with E-state index in [9.17, 15) is 13.2 Å². The van der Waals surface area contributed by atoms with Gasteiger partial charge in [0.2, 0.25) is 0 Å². The number of aryl methyl sites for hydroxylation is 3. The van der Waals surface area contributed by atoms with Crippen molar-refractivity contribution in [3.05, 3.63) is 28.8 Å². The van der Waals surface area contributed by atoms with Crippen LogP contribution in [0.1, 0.15) is 23.1 Å². The first kappa shape index (κ1) is 16.5. The van der Waals surface area contributed by atoms with Crippen LogP contribution in [0.15, 0.2) is 12.1 Å². The molecule has 0 aliphatic rings. The average Bonchev–Trinajstić information content (AvgIpc) is 2.30. The Morgan fingerprint density at radius 1 is 1.25 bits per heavy atom. The van der Waals surface area contributed by atoms with E-state index in [0.29, 0.717) is 5.69 Å². The van der Waals surface area contributed by atoms with Gasteiger partial charge in [0.05, 0.1) is 12.1 Å². The lowest BCUT2D eigenvalue weighted by atomic mass is 10.1. The molecule has 0 spiro atoms. The highest BCUT2D eigenvalue weighted by atomic mass is 32.2. The third-order valence-corrected chi connectivity index (χ3v) is 4.42. The summed E-state index contributed by atoms with van der Waals surface area (Å²) < 4.78 is 27.8. The molecule has 0 unspecified atom stereocenters. The molecule has 0 aliphatic heterocycles. The van der Waals surface area contributed by atoms with Crippen LogP contribution in [0.5, 0.6) is 0 Å². The molecule has 112 valence electrons. The number of benzene rings is 1. The van der Waals surface area contributed by atoms with Gasteiger partial charge in [0.1, 0.15) is 0 Å². The average molecular weight is 300 g/mol. The quantitative estimate of drug-likeness (QED) is 0.836. The topological polar surface area (TPSA) is 86.7 Å². The summed E-state index contributed by atoms with van der Waals surface area (Å²) in [6.45, 7) is 5.52. The number of rotatable bonds is 6. The van der Waals surface area contributed by atoms with E-state index >= 15 is 0 Å². The van der Waals surface area contributed by atoms with Crippen molar-refractivity contribution in [2.24, 2.45) is 0 Å². The van der Waals surface area contributed by atoms with E-state index < -0.39 is 16.2 Å². The molecule has 1 rings (SSSR count). The molecule has 0 aromatic heterocycles. The predicted octanol–water partition coefficient (Wildman–Crippen LogP) is 1.68. The Morgan fingerprint density at radius 2 is 1.75 bits per heavy atom. The smallest absolute Gasteiger partial charge is 0.304 e. The maximum absolute atomic E-state index is 12.1. The second kappa shape index (κ2) is 6.23. The van der Waals surface area contributed by atoms with Crippen molar-refractivity contribution in [1.82, 2.24) is 4.31 Å². The predicted molar refractivity (Wildman–Crippen MR) is 78.1 cm³/mol. The van der Waals surface area contributed by atoms with Crippen LogP contribution in [0.25, 0.3) is 0 Å². The molecule has 0 aliphatic carbocycles. The van der Waals surface area contributed by atoms with E-state index in [-0.39, 0.29) is 13.0 Å². The largest absolute Gasteiger partial charge is 0.481 e. The molecule has 6 nitrogen and oxygen atoms in total. The van der Waals surface area contributed by atoms with Crippen LogP contribution in [0, 0.1) is 20.8 Å². The molecule has 20 heavy (non-hydrogen) atoms. The van der Waals surface area contributed by atoms with E-state index in [0.717, 1.165) is 21.0 Å². The number of nitrogens with zero attached hydrogens (tertiary/aromatic N) is 1. The number of anilines is 1. The molecule has 2 N–H and O–H groups in total. The molecule has 0 saturated carbocycles. The highest BCUT2D eigenvalue weighted by Gasteiger charge is 2.20. The highest BCUT2D eigenvalue weighted by molar-refractivity contribution is 7.90. The van der Waals surface area contributed by atoms with Crippen LogP contribution in [-0.2, 0) is 15.0 Å². The van der Waals surface area contributed by atoms with Gasteiger partial charge in [-0.05, 0) is 31.9 Å². The molecule has 0 saturated heterocycles. The van der Waals surface area contributed by atoms with Gasteiger partial charge in [0.15, 0.2) is 0 Å². The summed E-state index contributed by atoms with van der Waals surface area (Å²) in [7, 11) is -2.40. The van der Waals surface area contributed by atoms with E-state index in [2.05, 4.69) is 4.72 Å². The summed E-state index contributed by atoms with van der Waals surface area (Å²) in [5, 5.41) is 8.59. The van der Waals surface area contributed by atoms with Crippen molar-refractivity contribution in [3.63, 3.8) is 0 Å². The summed E-state index contributed by atoms with van der Waals surface area (Å²) in [6.07, 6.45) is -0.233. The molecule has 0 heterocycles. The van der Waals surface area contributed by atoms with Gasteiger partial charge in [-0.2, -0.15) is 12.7 Å². The third-order valence-electron chi connectivity index (χ3n) is 2.96. The summed E-state index contributed by atoms with van der Waals surface area (Å²) in [5.41, 5.74) is 3.26. The van der Waals surface area contributed by atoms with Crippen molar-refractivity contribution in [3.8, 4) is 0 Å².